The minimum Gasteiger partial charge on any atom is -0.440 e. The number of hydrogen-bond acceptors (Lipinski definition) is 5. The molecule has 0 atom stereocenters. The van der Waals surface area contributed by atoms with Gasteiger partial charge in [-0.3, -0.25) is 4.79 Å². The summed E-state index contributed by atoms with van der Waals surface area (Å²) in [4.78, 5) is 15.0. The van der Waals surface area contributed by atoms with E-state index in [0.29, 0.717) is 43.2 Å². The molecular weight excluding hydrogens is 507 g/mol. The van der Waals surface area contributed by atoms with Gasteiger partial charge in [0.15, 0.2) is 11.3 Å². The largest absolute Gasteiger partial charge is 0.440 e. The molecule has 0 spiro atoms. The molecule has 6 heteroatoms. The Labute approximate surface area is 222 Å². The summed E-state index contributed by atoms with van der Waals surface area (Å²) in [5.41, 5.74) is 3.61. The van der Waals surface area contributed by atoms with Gasteiger partial charge in [0.2, 0.25) is 0 Å². The Morgan fingerprint density at radius 3 is 2.48 bits per heavy atom. The quantitative estimate of drug-likeness (QED) is 0.252. The van der Waals surface area contributed by atoms with E-state index in [-0.39, 0.29) is 45.6 Å². The number of fused-ring (bicyclic) bond motifs is 4. The zero-order chi connectivity index (χ0) is 20.9. The molecule has 3 heterocycles. The molecule has 0 bridgehead atoms. The van der Waals surface area contributed by atoms with Crippen LogP contribution in [0.15, 0.2) is 69.9 Å². The molecule has 0 saturated carbocycles. The van der Waals surface area contributed by atoms with Gasteiger partial charge in [0.1, 0.15) is 5.58 Å². The van der Waals surface area contributed by atoms with Gasteiger partial charge >= 0.3 is 0 Å². The third-order valence-electron chi connectivity index (χ3n) is 5.97. The molecule has 33 heavy (non-hydrogen) atoms. The third kappa shape index (κ3) is 4.02. The van der Waals surface area contributed by atoms with E-state index < -0.39 is 0 Å². The molecule has 6 rings (SSSR count). The number of anilines is 1. The fourth-order valence-corrected chi connectivity index (χ4v) is 5.70. The maximum Gasteiger partial charge on any atom is 0.200 e. The van der Waals surface area contributed by atoms with E-state index in [4.69, 9.17) is 9.15 Å². The molecule has 1 saturated heterocycles. The topological polar surface area (TPSA) is 42.7 Å². The first-order valence-electron chi connectivity index (χ1n) is 10.4. The molecule has 1 fully saturated rings. The van der Waals surface area contributed by atoms with Crippen molar-refractivity contribution in [3.05, 3.63) is 90.8 Å². The van der Waals surface area contributed by atoms with Crippen molar-refractivity contribution >= 4 is 48.4 Å². The number of benzene rings is 3. The summed E-state index contributed by atoms with van der Waals surface area (Å²) in [7, 11) is 0. The number of para-hydroxylation sites is 1. The number of hydrogen-bond donors (Lipinski definition) is 0. The zero-order valence-electron chi connectivity index (χ0n) is 18.5. The molecule has 1 aliphatic heterocycles. The van der Waals surface area contributed by atoms with Gasteiger partial charge in [-0.1, -0.05) is 35.7 Å². The van der Waals surface area contributed by atoms with Gasteiger partial charge in [0.05, 0.1) is 18.6 Å². The van der Waals surface area contributed by atoms with E-state index in [0.717, 1.165) is 16.7 Å². The summed E-state index contributed by atoms with van der Waals surface area (Å²) < 4.78 is 14.2. The van der Waals surface area contributed by atoms with Crippen LogP contribution in [0.3, 0.4) is 0 Å². The van der Waals surface area contributed by atoms with Crippen LogP contribution in [0.4, 0.5) is 5.88 Å². The molecule has 0 unspecified atom stereocenters. The molecule has 2 aromatic heterocycles. The summed E-state index contributed by atoms with van der Waals surface area (Å²) in [5.74, 6) is 0.606. The summed E-state index contributed by atoms with van der Waals surface area (Å²) in [6.07, 6.45) is 0. The van der Waals surface area contributed by atoms with Crippen LogP contribution < -0.4 is 10.3 Å². The molecular formula is C27H23NO3SY-2. The van der Waals surface area contributed by atoms with Crippen molar-refractivity contribution in [1.82, 2.24) is 0 Å². The summed E-state index contributed by atoms with van der Waals surface area (Å²) in [6.45, 7) is 6.97. The van der Waals surface area contributed by atoms with Crippen LogP contribution in [-0.2, 0) is 37.4 Å². The second kappa shape index (κ2) is 9.59. The summed E-state index contributed by atoms with van der Waals surface area (Å²) >= 11 is 1.76. The van der Waals surface area contributed by atoms with E-state index in [1.807, 2.05) is 18.2 Å². The van der Waals surface area contributed by atoms with Gasteiger partial charge in [-0.15, -0.1) is 22.8 Å². The van der Waals surface area contributed by atoms with Crippen LogP contribution in [0.5, 0.6) is 0 Å². The fraction of sp³-hybridized carbons (Fsp3) is 0.148. The van der Waals surface area contributed by atoms with E-state index in [1.165, 1.54) is 20.2 Å². The van der Waals surface area contributed by atoms with Gasteiger partial charge in [0.25, 0.3) is 0 Å². The Bertz CT molecular complexity index is 1520. The van der Waals surface area contributed by atoms with Crippen molar-refractivity contribution in [2.75, 3.05) is 31.2 Å². The summed E-state index contributed by atoms with van der Waals surface area (Å²) in [6, 6.07) is 20.0. The maximum absolute atomic E-state index is 13.0. The zero-order valence-corrected chi connectivity index (χ0v) is 22.1. The first kappa shape index (κ1) is 24.0. The van der Waals surface area contributed by atoms with Crippen molar-refractivity contribution in [2.45, 2.75) is 0 Å². The van der Waals surface area contributed by atoms with Crippen LogP contribution in [-0.4, -0.2) is 26.3 Å². The van der Waals surface area contributed by atoms with Crippen molar-refractivity contribution in [3.63, 3.8) is 0 Å². The van der Waals surface area contributed by atoms with Crippen LogP contribution in [0.2, 0.25) is 0 Å². The molecule has 0 N–H and O–H groups in total. The Balaban J connectivity index is 0.00000130. The Morgan fingerprint density at radius 2 is 1.67 bits per heavy atom. The first-order valence-corrected chi connectivity index (χ1v) is 11.2. The Morgan fingerprint density at radius 1 is 0.909 bits per heavy atom. The van der Waals surface area contributed by atoms with E-state index in [2.05, 4.69) is 48.2 Å². The number of morpholine rings is 1. The molecule has 1 aliphatic rings. The van der Waals surface area contributed by atoms with Crippen molar-refractivity contribution in [3.8, 4) is 11.1 Å². The fourth-order valence-electron chi connectivity index (χ4n) is 4.43. The number of thiophene rings is 1. The van der Waals surface area contributed by atoms with Gasteiger partial charge in [-0.25, -0.2) is 0 Å². The first-order chi connectivity index (χ1) is 15.2. The minimum absolute atomic E-state index is 0. The van der Waals surface area contributed by atoms with E-state index in [1.54, 1.807) is 17.4 Å². The van der Waals surface area contributed by atoms with Crippen molar-refractivity contribution < 1.29 is 41.9 Å². The molecule has 3 aromatic carbocycles. The Kier molecular flexibility index (Phi) is 6.97. The van der Waals surface area contributed by atoms with Gasteiger partial charge < -0.3 is 21.5 Å². The molecule has 0 aliphatic carbocycles. The second-order valence-electron chi connectivity index (χ2n) is 7.81. The van der Waals surface area contributed by atoms with E-state index >= 15 is 0 Å². The third-order valence-corrected chi connectivity index (χ3v) is 7.17. The monoisotopic (exact) mass is 530 g/mol. The SMILES string of the molecule is [CH2-]c1ccc(-c2cccc3c(=O)cc(N4CCOCC4)oc23)c2sc3ccccc3c12.[CH3-].[Y]. The van der Waals surface area contributed by atoms with Gasteiger partial charge in [-0.05, 0) is 22.4 Å². The van der Waals surface area contributed by atoms with Crippen LogP contribution >= 0.6 is 11.3 Å². The molecule has 1 radical (unpaired) electrons. The van der Waals surface area contributed by atoms with E-state index in [9.17, 15) is 4.79 Å². The molecule has 5 aromatic rings. The standard InChI is InChI=1S/C26H20NO3S.CH3.Y/c1-16-9-10-18(26-24(16)20-5-2-3-8-22(20)31-26)17-6-4-7-19-21(28)15-23(30-25(17)19)27-11-13-29-14-12-27;;/h2-10,15H,1,11-14H2;1H3;/q2*-1;. The average Bonchev–Trinajstić information content (AvgIpc) is 3.20. The normalized spacial score (nSPS) is 13.8. The van der Waals surface area contributed by atoms with Crippen LogP contribution in [0, 0.1) is 14.4 Å². The predicted molar refractivity (Wildman–Crippen MR) is 135 cm³/mol. The Hall–Kier alpha value is -2.18. The van der Waals surface area contributed by atoms with Crippen LogP contribution in [0.25, 0.3) is 42.3 Å². The number of rotatable bonds is 2. The van der Waals surface area contributed by atoms with Gasteiger partial charge in [-0.2, -0.15) is 18.6 Å². The summed E-state index contributed by atoms with van der Waals surface area (Å²) in [5, 5.41) is 2.98. The maximum atomic E-state index is 13.0. The minimum atomic E-state index is -0.0223. The number of nitrogens with zero attached hydrogens (tertiary/aromatic N) is 1. The molecule has 0 amide bonds. The smallest absolute Gasteiger partial charge is 0.200 e. The van der Waals surface area contributed by atoms with Crippen molar-refractivity contribution in [2.24, 2.45) is 0 Å². The number of ether oxygens (including phenoxy) is 1. The molecule has 4 nitrogen and oxygen atoms in total. The van der Waals surface area contributed by atoms with Gasteiger partial charge in [0, 0.05) is 62.1 Å². The predicted octanol–water partition coefficient (Wildman–Crippen LogP) is 6.29. The molecule has 165 valence electrons. The van der Waals surface area contributed by atoms with Crippen LogP contribution in [0.1, 0.15) is 5.56 Å². The second-order valence-corrected chi connectivity index (χ2v) is 8.86. The van der Waals surface area contributed by atoms with Crippen molar-refractivity contribution in [1.29, 1.82) is 0 Å². The average molecular weight is 530 g/mol.